The van der Waals surface area contributed by atoms with Crippen molar-refractivity contribution in [2.45, 2.75) is 12.5 Å². The van der Waals surface area contributed by atoms with Gasteiger partial charge in [-0.05, 0) is 6.42 Å². The van der Waals surface area contributed by atoms with Crippen molar-refractivity contribution < 1.29 is 14.6 Å². The highest BCUT2D eigenvalue weighted by Gasteiger charge is 2.21. The van der Waals surface area contributed by atoms with Gasteiger partial charge in [0.15, 0.2) is 5.69 Å². The van der Waals surface area contributed by atoms with E-state index in [1.165, 1.54) is 19.5 Å². The number of aromatic nitrogens is 2. The molecule has 6 heteroatoms. The van der Waals surface area contributed by atoms with Crippen molar-refractivity contribution in [2.75, 3.05) is 25.1 Å². The Labute approximate surface area is 92.9 Å². The van der Waals surface area contributed by atoms with E-state index in [1.807, 2.05) is 4.90 Å². The summed E-state index contributed by atoms with van der Waals surface area (Å²) in [6.45, 7) is 1.32. The Hall–Kier alpha value is -1.69. The van der Waals surface area contributed by atoms with Crippen LogP contribution in [-0.2, 0) is 4.74 Å². The average Bonchev–Trinajstić information content (AvgIpc) is 2.75. The van der Waals surface area contributed by atoms with Gasteiger partial charge in [0.1, 0.15) is 5.82 Å². The molecule has 1 saturated heterocycles. The molecule has 2 heterocycles. The predicted octanol–water partition coefficient (Wildman–Crippen LogP) is -0.166. The zero-order chi connectivity index (χ0) is 11.5. The van der Waals surface area contributed by atoms with Crippen molar-refractivity contribution >= 4 is 11.8 Å². The minimum Gasteiger partial charge on any atom is -0.464 e. The second kappa shape index (κ2) is 4.44. The summed E-state index contributed by atoms with van der Waals surface area (Å²) >= 11 is 0. The summed E-state index contributed by atoms with van der Waals surface area (Å²) in [6, 6.07) is 0. The molecule has 6 nitrogen and oxygen atoms in total. The van der Waals surface area contributed by atoms with Gasteiger partial charge in [-0.15, -0.1) is 0 Å². The zero-order valence-corrected chi connectivity index (χ0v) is 8.96. The van der Waals surface area contributed by atoms with Gasteiger partial charge in [-0.3, -0.25) is 0 Å². The van der Waals surface area contributed by atoms with Gasteiger partial charge in [0, 0.05) is 13.1 Å². The van der Waals surface area contributed by atoms with Crippen molar-refractivity contribution in [3.8, 4) is 0 Å². The van der Waals surface area contributed by atoms with Crippen LogP contribution in [0.25, 0.3) is 0 Å². The Morgan fingerprint density at radius 1 is 1.56 bits per heavy atom. The Morgan fingerprint density at radius 2 is 2.38 bits per heavy atom. The first-order chi connectivity index (χ1) is 7.70. The molecule has 16 heavy (non-hydrogen) atoms. The maximum atomic E-state index is 11.1. The number of rotatable bonds is 2. The summed E-state index contributed by atoms with van der Waals surface area (Å²) in [6.07, 6.45) is 3.33. The van der Waals surface area contributed by atoms with Gasteiger partial charge in [0.2, 0.25) is 0 Å². The predicted molar refractivity (Wildman–Crippen MR) is 56.2 cm³/mol. The molecule has 0 bridgehead atoms. The molecule has 0 radical (unpaired) electrons. The van der Waals surface area contributed by atoms with E-state index < -0.39 is 5.97 Å². The lowest BCUT2D eigenvalue weighted by Gasteiger charge is -2.15. The van der Waals surface area contributed by atoms with E-state index in [0.717, 1.165) is 13.0 Å². The third kappa shape index (κ3) is 2.11. The molecule has 1 aromatic heterocycles. The summed E-state index contributed by atoms with van der Waals surface area (Å²) in [5.74, 6) is 0.171. The quantitative estimate of drug-likeness (QED) is 0.702. The Kier molecular flexibility index (Phi) is 3.00. The first-order valence-corrected chi connectivity index (χ1v) is 5.04. The second-order valence-corrected chi connectivity index (χ2v) is 3.64. The van der Waals surface area contributed by atoms with Crippen LogP contribution in [-0.4, -0.2) is 47.3 Å². The maximum absolute atomic E-state index is 11.1. The van der Waals surface area contributed by atoms with Crippen LogP contribution < -0.4 is 4.90 Å². The molecule has 0 aromatic carbocycles. The van der Waals surface area contributed by atoms with Gasteiger partial charge >= 0.3 is 5.97 Å². The third-order valence-corrected chi connectivity index (χ3v) is 2.52. The second-order valence-electron chi connectivity index (χ2n) is 3.64. The fourth-order valence-corrected chi connectivity index (χ4v) is 1.64. The molecule has 0 spiro atoms. The Balaban J connectivity index is 2.10. The Bertz CT molecular complexity index is 379. The summed E-state index contributed by atoms with van der Waals surface area (Å²) in [4.78, 5) is 21.1. The van der Waals surface area contributed by atoms with Gasteiger partial charge in [-0.1, -0.05) is 0 Å². The van der Waals surface area contributed by atoms with Gasteiger partial charge in [0.25, 0.3) is 0 Å². The lowest BCUT2D eigenvalue weighted by Crippen LogP contribution is -2.22. The van der Waals surface area contributed by atoms with Crippen LogP contribution in [0.5, 0.6) is 0 Å². The minimum absolute atomic E-state index is 0.186. The molecule has 1 unspecified atom stereocenters. The monoisotopic (exact) mass is 223 g/mol. The van der Waals surface area contributed by atoms with E-state index in [4.69, 9.17) is 0 Å². The molecule has 1 atom stereocenters. The number of nitrogens with zero attached hydrogens (tertiary/aromatic N) is 3. The van der Waals surface area contributed by atoms with Gasteiger partial charge in [-0.2, -0.15) is 0 Å². The average molecular weight is 223 g/mol. The van der Waals surface area contributed by atoms with Crippen molar-refractivity contribution in [1.82, 2.24) is 9.97 Å². The van der Waals surface area contributed by atoms with E-state index in [2.05, 4.69) is 14.7 Å². The van der Waals surface area contributed by atoms with Gasteiger partial charge in [0.05, 0.1) is 25.6 Å². The lowest BCUT2D eigenvalue weighted by molar-refractivity contribution is 0.0593. The number of anilines is 1. The fraction of sp³-hybridized carbons (Fsp3) is 0.500. The van der Waals surface area contributed by atoms with E-state index in [0.29, 0.717) is 12.4 Å². The molecule has 0 saturated carbocycles. The summed E-state index contributed by atoms with van der Waals surface area (Å²) in [5, 5.41) is 9.38. The molecule has 1 aromatic rings. The molecule has 1 aliphatic heterocycles. The number of ether oxygens (including phenoxy) is 1. The van der Waals surface area contributed by atoms with Crippen molar-refractivity contribution in [1.29, 1.82) is 0 Å². The summed E-state index contributed by atoms with van der Waals surface area (Å²) in [7, 11) is 1.30. The number of carbonyl (C=O) groups excluding carboxylic acids is 1. The molecular weight excluding hydrogens is 210 g/mol. The van der Waals surface area contributed by atoms with Crippen molar-refractivity contribution in [3.63, 3.8) is 0 Å². The SMILES string of the molecule is COC(=O)c1cnc(N2CCC(O)C2)cn1. The molecule has 1 aliphatic rings. The fourth-order valence-electron chi connectivity index (χ4n) is 1.64. The van der Waals surface area contributed by atoms with E-state index in [9.17, 15) is 9.90 Å². The van der Waals surface area contributed by atoms with Crippen LogP contribution in [0.3, 0.4) is 0 Å². The van der Waals surface area contributed by atoms with Gasteiger partial charge in [-0.25, -0.2) is 14.8 Å². The molecular formula is C10H13N3O3. The van der Waals surface area contributed by atoms with Crippen LogP contribution in [0.15, 0.2) is 12.4 Å². The number of methoxy groups -OCH3 is 1. The highest BCUT2D eigenvalue weighted by Crippen LogP contribution is 2.16. The number of hydrogen-bond donors (Lipinski definition) is 1. The first-order valence-electron chi connectivity index (χ1n) is 5.04. The number of aliphatic hydroxyl groups is 1. The first kappa shape index (κ1) is 10.8. The van der Waals surface area contributed by atoms with E-state index in [-0.39, 0.29) is 11.8 Å². The normalized spacial score (nSPS) is 19.9. The van der Waals surface area contributed by atoms with Crippen molar-refractivity contribution in [2.24, 2.45) is 0 Å². The van der Waals surface area contributed by atoms with Crippen LogP contribution in [0.1, 0.15) is 16.9 Å². The van der Waals surface area contributed by atoms with Crippen LogP contribution >= 0.6 is 0 Å². The Morgan fingerprint density at radius 3 is 2.88 bits per heavy atom. The van der Waals surface area contributed by atoms with Crippen molar-refractivity contribution in [3.05, 3.63) is 18.1 Å². The van der Waals surface area contributed by atoms with Crippen LogP contribution in [0.2, 0.25) is 0 Å². The van der Waals surface area contributed by atoms with E-state index in [1.54, 1.807) is 0 Å². The lowest BCUT2D eigenvalue weighted by atomic mass is 10.3. The molecule has 2 rings (SSSR count). The smallest absolute Gasteiger partial charge is 0.358 e. The summed E-state index contributed by atoms with van der Waals surface area (Å²) < 4.78 is 4.52. The van der Waals surface area contributed by atoms with E-state index >= 15 is 0 Å². The summed E-state index contributed by atoms with van der Waals surface area (Å²) in [5.41, 5.74) is 0.186. The molecule has 86 valence electrons. The standard InChI is InChI=1S/C10H13N3O3/c1-16-10(15)8-4-12-9(5-11-8)13-3-2-7(14)6-13/h4-5,7,14H,2-3,6H2,1H3. The van der Waals surface area contributed by atoms with Gasteiger partial charge < -0.3 is 14.7 Å². The number of β-amino-alcohol motifs (C(OH)–C–C–N with tert-alkyl or cyclic N) is 1. The molecule has 1 N–H and O–H groups in total. The zero-order valence-electron chi connectivity index (χ0n) is 8.96. The van der Waals surface area contributed by atoms with Crippen LogP contribution in [0.4, 0.5) is 5.82 Å². The number of esters is 1. The number of hydrogen-bond acceptors (Lipinski definition) is 6. The molecule has 0 amide bonds. The number of carbonyl (C=O) groups is 1. The topological polar surface area (TPSA) is 75.5 Å². The third-order valence-electron chi connectivity index (χ3n) is 2.52. The number of aliphatic hydroxyl groups excluding tert-OH is 1. The molecule has 1 fully saturated rings. The highest BCUT2D eigenvalue weighted by atomic mass is 16.5. The van der Waals surface area contributed by atoms with Crippen LogP contribution in [0, 0.1) is 0 Å². The maximum Gasteiger partial charge on any atom is 0.358 e. The minimum atomic E-state index is -0.500. The largest absolute Gasteiger partial charge is 0.464 e. The molecule has 0 aliphatic carbocycles. The highest BCUT2D eigenvalue weighted by molar-refractivity contribution is 5.86.